The van der Waals surface area contributed by atoms with Gasteiger partial charge in [0.15, 0.2) is 23.3 Å². The Morgan fingerprint density at radius 3 is 0.939 bits per heavy atom. The van der Waals surface area contributed by atoms with Crippen molar-refractivity contribution in [2.75, 3.05) is 0 Å². The standard InChI is InChI=1S/C55H34N4S.C48H29N5S/c1-3-14-38(15-4-1)47-34-48(58-55(57-47)40-16-5-2-6-17-40)39-26-23-36(24-27-39)37-29-31-43(32-30-37)59-49-22-12-10-20-45(49)54-52(59)50-51(42-28-25-35-13-7-8-18-41(35)33-42)56-46-21-11-9-19-44(46)53(50)60-54;1-3-14-31(15-4-1)46-50-47(32-16-5-2-6-17-32)52-48(51-46)33-25-27-36(28-26-33)53-40-22-12-10-20-38(40)45-43(53)41-42(35-24-23-30-13-7-8-18-34(30)29-35)49-39-21-11-9-19-37(39)44(41)54-45/h1-34H;1-29H. The normalized spacial score (nSPS) is 11.7. The lowest BCUT2D eigenvalue weighted by molar-refractivity contribution is 1.07. The lowest BCUT2D eigenvalue weighted by atomic mass is 10.0. The summed E-state index contributed by atoms with van der Waals surface area (Å²) in [6.45, 7) is 0. The number of fused-ring (bicyclic) bond motifs is 16. The van der Waals surface area contributed by atoms with Gasteiger partial charge in [0.2, 0.25) is 0 Å². The molecule has 0 spiro atoms. The van der Waals surface area contributed by atoms with Crippen LogP contribution in [0.5, 0.6) is 0 Å². The van der Waals surface area contributed by atoms with Gasteiger partial charge < -0.3 is 9.13 Å². The van der Waals surface area contributed by atoms with Crippen molar-refractivity contribution in [3.8, 4) is 113 Å². The summed E-state index contributed by atoms with van der Waals surface area (Å²) in [4.78, 5) is 35.7. The summed E-state index contributed by atoms with van der Waals surface area (Å²) in [6.07, 6.45) is 0. The molecule has 0 bridgehead atoms. The highest BCUT2D eigenvalue weighted by atomic mass is 32.1. The fourth-order valence-corrected chi connectivity index (χ4v) is 19.0. The summed E-state index contributed by atoms with van der Waals surface area (Å²) in [5, 5.41) is 12.0. The molecule has 15 aromatic carbocycles. The molecule has 0 saturated carbocycles. The van der Waals surface area contributed by atoms with E-state index in [0.717, 1.165) is 106 Å². The Balaban J connectivity index is 0.000000140. The molecule has 23 aromatic rings. The minimum atomic E-state index is 0.631. The fourth-order valence-electron chi connectivity index (χ4n) is 16.3. The number of pyridine rings is 2. The van der Waals surface area contributed by atoms with E-state index >= 15 is 0 Å². The Morgan fingerprint density at radius 2 is 0.509 bits per heavy atom. The number of thiophene rings is 2. The summed E-state index contributed by atoms with van der Waals surface area (Å²) in [6, 6.07) is 134. The second-order valence-electron chi connectivity index (χ2n) is 28.7. The molecule has 0 amide bonds. The van der Waals surface area contributed by atoms with Gasteiger partial charge in [0.1, 0.15) is 0 Å². The molecule has 0 fully saturated rings. The predicted molar refractivity (Wildman–Crippen MR) is 476 cm³/mol. The molecule has 0 saturated heterocycles. The van der Waals surface area contributed by atoms with Crippen molar-refractivity contribution < 1.29 is 0 Å². The molecule has 8 heterocycles. The van der Waals surface area contributed by atoms with Gasteiger partial charge in [-0.05, 0) is 112 Å². The molecule has 0 unspecified atom stereocenters. The Kier molecular flexibility index (Phi) is 16.1. The number of nitrogens with zero attached hydrogens (tertiary/aromatic N) is 9. The highest BCUT2D eigenvalue weighted by molar-refractivity contribution is 7.28. The number of benzene rings is 15. The van der Waals surface area contributed by atoms with Crippen LogP contribution in [0.1, 0.15) is 0 Å². The Labute approximate surface area is 663 Å². The minimum Gasteiger partial charge on any atom is -0.308 e. The van der Waals surface area contributed by atoms with Crippen LogP contribution in [0.3, 0.4) is 0 Å². The zero-order valence-electron chi connectivity index (χ0n) is 61.2. The van der Waals surface area contributed by atoms with E-state index in [0.29, 0.717) is 23.3 Å². The van der Waals surface area contributed by atoms with Crippen LogP contribution in [0.25, 0.3) is 219 Å². The maximum Gasteiger partial charge on any atom is 0.164 e. The second-order valence-corrected chi connectivity index (χ2v) is 30.7. The molecule has 0 aliphatic rings. The van der Waals surface area contributed by atoms with Crippen LogP contribution < -0.4 is 0 Å². The molecule has 8 aromatic heterocycles. The van der Waals surface area contributed by atoms with Crippen molar-refractivity contribution in [1.82, 2.24) is 44.0 Å². The number of hydrogen-bond acceptors (Lipinski definition) is 9. The molecule has 0 N–H and O–H groups in total. The van der Waals surface area contributed by atoms with Crippen molar-refractivity contribution in [2.45, 2.75) is 0 Å². The van der Waals surface area contributed by atoms with Crippen molar-refractivity contribution >= 4 is 128 Å². The van der Waals surface area contributed by atoms with E-state index < -0.39 is 0 Å². The van der Waals surface area contributed by atoms with Gasteiger partial charge in [0.05, 0.1) is 65.3 Å². The lowest BCUT2D eigenvalue weighted by Gasteiger charge is -2.13. The highest BCUT2D eigenvalue weighted by Crippen LogP contribution is 2.51. The van der Waals surface area contributed by atoms with Crippen LogP contribution in [0.4, 0.5) is 0 Å². The number of para-hydroxylation sites is 4. The molecule has 532 valence electrons. The Bertz CT molecular complexity index is 7570. The van der Waals surface area contributed by atoms with Crippen LogP contribution in [0, 0.1) is 0 Å². The summed E-state index contributed by atoms with van der Waals surface area (Å²) in [7, 11) is 0. The first-order valence-electron chi connectivity index (χ1n) is 38.2. The SMILES string of the molecule is c1ccc(-c2cc(-c3ccc(-c4ccc(-n5c6ccccc6c6sc7c8ccccc8nc(-c8ccc9ccccc9c8)c7c65)cc4)cc3)nc(-c3ccccc3)n2)cc1.c1ccc(-c2nc(-c3ccccc3)nc(-c3ccc(-n4c5ccccc5c5sc6c7ccccc7nc(-c7ccc8ccccc8c7)c6c54)cc3)n2)cc1. The Morgan fingerprint density at radius 1 is 0.202 bits per heavy atom. The second kappa shape index (κ2) is 27.7. The van der Waals surface area contributed by atoms with Gasteiger partial charge in [-0.1, -0.05) is 303 Å². The average molecular weight is 1490 g/mol. The molecule has 11 heteroatoms. The number of aromatic nitrogens is 9. The summed E-state index contributed by atoms with van der Waals surface area (Å²) >= 11 is 3.74. The number of hydrogen-bond donors (Lipinski definition) is 0. The van der Waals surface area contributed by atoms with Crippen molar-refractivity contribution in [3.63, 3.8) is 0 Å². The van der Waals surface area contributed by atoms with E-state index in [2.05, 4.69) is 294 Å². The molecule has 9 nitrogen and oxygen atoms in total. The molecule has 114 heavy (non-hydrogen) atoms. The van der Waals surface area contributed by atoms with E-state index in [-0.39, 0.29) is 0 Å². The maximum atomic E-state index is 5.42. The van der Waals surface area contributed by atoms with Gasteiger partial charge in [-0.3, -0.25) is 0 Å². The van der Waals surface area contributed by atoms with Gasteiger partial charge in [-0.2, -0.15) is 0 Å². The first-order chi connectivity index (χ1) is 56.5. The van der Waals surface area contributed by atoms with Crippen LogP contribution in [0.2, 0.25) is 0 Å². The zero-order chi connectivity index (χ0) is 75.2. The molecular formula is C103H63N9S2. The monoisotopic (exact) mass is 1490 g/mol. The summed E-state index contributed by atoms with van der Waals surface area (Å²) in [5.74, 6) is 2.64. The topological polar surface area (TPSA) is 100 Å². The fraction of sp³-hybridized carbons (Fsp3) is 0. The van der Waals surface area contributed by atoms with Crippen LogP contribution >= 0.6 is 22.7 Å². The zero-order valence-corrected chi connectivity index (χ0v) is 62.8. The first-order valence-corrected chi connectivity index (χ1v) is 39.8. The quantitative estimate of drug-likeness (QED) is 0.127. The molecule has 0 radical (unpaired) electrons. The van der Waals surface area contributed by atoms with E-state index in [1.807, 2.05) is 120 Å². The van der Waals surface area contributed by atoms with E-state index in [9.17, 15) is 0 Å². The third kappa shape index (κ3) is 11.6. The summed E-state index contributed by atoms with van der Waals surface area (Å²) < 4.78 is 9.89. The molecule has 0 aliphatic heterocycles. The first kappa shape index (κ1) is 66.3. The van der Waals surface area contributed by atoms with E-state index in [4.69, 9.17) is 34.9 Å². The largest absolute Gasteiger partial charge is 0.308 e. The summed E-state index contributed by atoms with van der Waals surface area (Å²) in [5.41, 5.74) is 23.1. The van der Waals surface area contributed by atoms with Crippen LogP contribution in [0.15, 0.2) is 382 Å². The van der Waals surface area contributed by atoms with Gasteiger partial charge in [-0.25, -0.2) is 34.9 Å². The molecular weight excluding hydrogens is 1430 g/mol. The molecule has 0 atom stereocenters. The molecule has 23 rings (SSSR count). The van der Waals surface area contributed by atoms with E-state index in [1.54, 1.807) is 0 Å². The van der Waals surface area contributed by atoms with Crippen LogP contribution in [-0.4, -0.2) is 44.0 Å². The highest BCUT2D eigenvalue weighted by Gasteiger charge is 2.27. The smallest absolute Gasteiger partial charge is 0.164 e. The predicted octanol–water partition coefficient (Wildman–Crippen LogP) is 27.4. The van der Waals surface area contributed by atoms with Gasteiger partial charge in [0.25, 0.3) is 0 Å². The van der Waals surface area contributed by atoms with Gasteiger partial charge in [-0.15, -0.1) is 22.7 Å². The maximum absolute atomic E-state index is 5.42. The van der Waals surface area contributed by atoms with E-state index in [1.165, 1.54) is 89.2 Å². The number of rotatable bonds is 11. The average Bonchev–Trinajstić information content (AvgIpc) is 1.55. The van der Waals surface area contributed by atoms with Crippen molar-refractivity contribution in [1.29, 1.82) is 0 Å². The van der Waals surface area contributed by atoms with Crippen LogP contribution in [-0.2, 0) is 0 Å². The van der Waals surface area contributed by atoms with Crippen molar-refractivity contribution in [3.05, 3.63) is 382 Å². The van der Waals surface area contributed by atoms with Gasteiger partial charge in [0, 0.05) is 97.6 Å². The van der Waals surface area contributed by atoms with Gasteiger partial charge >= 0.3 is 0 Å². The minimum absolute atomic E-state index is 0.631. The van der Waals surface area contributed by atoms with Crippen molar-refractivity contribution in [2.24, 2.45) is 0 Å². The third-order valence-corrected chi connectivity index (χ3v) is 24.3. The lowest BCUT2D eigenvalue weighted by Crippen LogP contribution is -2.00. The third-order valence-electron chi connectivity index (χ3n) is 21.8. The Hall–Kier alpha value is -14.8. The molecule has 0 aliphatic carbocycles.